The van der Waals surface area contributed by atoms with Crippen LogP contribution in [0.2, 0.25) is 0 Å². The molecule has 5 heteroatoms. The molecule has 120 valence electrons. The summed E-state index contributed by atoms with van der Waals surface area (Å²) in [6.45, 7) is 2.94. The van der Waals surface area contributed by atoms with Gasteiger partial charge in [-0.1, -0.05) is 30.3 Å². The molecule has 1 heterocycles. The number of thioether (sulfide) groups is 1. The van der Waals surface area contributed by atoms with Gasteiger partial charge >= 0.3 is 0 Å². The molecular formula is C18H19NO3S. The fourth-order valence-electron chi connectivity index (χ4n) is 2.30. The van der Waals surface area contributed by atoms with Crippen LogP contribution in [0, 0.1) is 6.92 Å². The highest BCUT2D eigenvalue weighted by atomic mass is 32.2. The summed E-state index contributed by atoms with van der Waals surface area (Å²) >= 11 is 1.55. The van der Waals surface area contributed by atoms with Crippen molar-refractivity contribution < 1.29 is 14.3 Å². The van der Waals surface area contributed by atoms with Gasteiger partial charge in [-0.2, -0.15) is 0 Å². The van der Waals surface area contributed by atoms with E-state index in [1.165, 1.54) is 5.56 Å². The van der Waals surface area contributed by atoms with Gasteiger partial charge in [-0.05, 0) is 30.7 Å². The highest BCUT2D eigenvalue weighted by molar-refractivity contribution is 8.00. The lowest BCUT2D eigenvalue weighted by Gasteiger charge is -2.26. The van der Waals surface area contributed by atoms with Crippen LogP contribution in [0.25, 0.3) is 0 Å². The molecule has 4 nitrogen and oxygen atoms in total. The molecule has 1 N–H and O–H groups in total. The maximum atomic E-state index is 12.0. The molecule has 1 aliphatic rings. The first-order valence-electron chi connectivity index (χ1n) is 7.56. The molecule has 2 aromatic carbocycles. The minimum atomic E-state index is -0.155. The summed E-state index contributed by atoms with van der Waals surface area (Å²) in [5.74, 6) is 1.88. The Morgan fingerprint density at radius 3 is 2.74 bits per heavy atom. The Hall–Kier alpha value is -2.14. The summed E-state index contributed by atoms with van der Waals surface area (Å²) < 4.78 is 11.4. The Balaban J connectivity index is 1.44. The lowest BCUT2D eigenvalue weighted by molar-refractivity contribution is -0.119. The van der Waals surface area contributed by atoms with E-state index in [1.54, 1.807) is 11.8 Å². The van der Waals surface area contributed by atoms with Gasteiger partial charge in [0.1, 0.15) is 12.7 Å². The van der Waals surface area contributed by atoms with Crippen LogP contribution in [0.5, 0.6) is 11.5 Å². The van der Waals surface area contributed by atoms with Gasteiger partial charge in [-0.15, -0.1) is 11.8 Å². The van der Waals surface area contributed by atoms with E-state index in [0.29, 0.717) is 18.9 Å². The molecule has 1 amide bonds. The molecule has 1 aliphatic heterocycles. The number of aryl methyl sites for hydroxylation is 1. The number of hydrogen-bond acceptors (Lipinski definition) is 4. The molecule has 0 aliphatic carbocycles. The Bertz CT molecular complexity index is 689. The second-order valence-electron chi connectivity index (χ2n) is 5.36. The molecule has 0 fully saturated rings. The average molecular weight is 329 g/mol. The SMILES string of the molecule is Cc1ccccc1SCC(=O)NCC1COc2ccccc2O1. The lowest BCUT2D eigenvalue weighted by Crippen LogP contribution is -2.41. The number of para-hydroxylation sites is 2. The first-order chi connectivity index (χ1) is 11.2. The molecule has 0 saturated heterocycles. The maximum absolute atomic E-state index is 12.0. The van der Waals surface area contributed by atoms with Crippen LogP contribution in [-0.4, -0.2) is 30.9 Å². The van der Waals surface area contributed by atoms with Crippen LogP contribution < -0.4 is 14.8 Å². The van der Waals surface area contributed by atoms with Crippen LogP contribution >= 0.6 is 11.8 Å². The van der Waals surface area contributed by atoms with E-state index >= 15 is 0 Å². The first-order valence-corrected chi connectivity index (χ1v) is 8.54. The molecule has 0 bridgehead atoms. The average Bonchev–Trinajstić information content (AvgIpc) is 2.59. The Labute approximate surface area is 140 Å². The van der Waals surface area contributed by atoms with Crippen LogP contribution in [-0.2, 0) is 4.79 Å². The van der Waals surface area contributed by atoms with E-state index < -0.39 is 0 Å². The number of benzene rings is 2. The molecule has 3 rings (SSSR count). The van der Waals surface area contributed by atoms with Gasteiger partial charge in [0.2, 0.25) is 5.91 Å². The third-order valence-corrected chi connectivity index (χ3v) is 4.72. The van der Waals surface area contributed by atoms with Crippen LogP contribution in [0.1, 0.15) is 5.56 Å². The lowest BCUT2D eigenvalue weighted by atomic mass is 10.2. The number of carbonyl (C=O) groups excluding carboxylic acids is 1. The van der Waals surface area contributed by atoms with Gasteiger partial charge in [-0.3, -0.25) is 4.79 Å². The van der Waals surface area contributed by atoms with Gasteiger partial charge in [0.25, 0.3) is 0 Å². The molecule has 23 heavy (non-hydrogen) atoms. The van der Waals surface area contributed by atoms with Crippen molar-refractivity contribution in [3.8, 4) is 11.5 Å². The number of fused-ring (bicyclic) bond motifs is 1. The molecule has 0 aromatic heterocycles. The molecule has 2 aromatic rings. The predicted molar refractivity (Wildman–Crippen MR) is 91.3 cm³/mol. The van der Waals surface area contributed by atoms with E-state index in [0.717, 1.165) is 16.4 Å². The van der Waals surface area contributed by atoms with E-state index in [9.17, 15) is 4.79 Å². The molecule has 0 spiro atoms. The van der Waals surface area contributed by atoms with E-state index in [2.05, 4.69) is 5.32 Å². The zero-order valence-electron chi connectivity index (χ0n) is 13.0. The number of nitrogens with one attached hydrogen (secondary N) is 1. The molecule has 1 unspecified atom stereocenters. The van der Waals surface area contributed by atoms with Crippen molar-refractivity contribution >= 4 is 17.7 Å². The highest BCUT2D eigenvalue weighted by Gasteiger charge is 2.20. The Morgan fingerprint density at radius 1 is 1.17 bits per heavy atom. The highest BCUT2D eigenvalue weighted by Crippen LogP contribution is 2.30. The van der Waals surface area contributed by atoms with Crippen molar-refractivity contribution in [3.63, 3.8) is 0 Å². The monoisotopic (exact) mass is 329 g/mol. The third-order valence-electron chi connectivity index (χ3n) is 3.55. The summed E-state index contributed by atoms with van der Waals surface area (Å²) in [7, 11) is 0. The summed E-state index contributed by atoms with van der Waals surface area (Å²) in [6.07, 6.45) is -0.155. The van der Waals surface area contributed by atoms with Gasteiger partial charge in [0.15, 0.2) is 11.5 Å². The Kier molecular flexibility index (Phi) is 5.08. The minimum Gasteiger partial charge on any atom is -0.486 e. The number of rotatable bonds is 5. The Morgan fingerprint density at radius 2 is 1.91 bits per heavy atom. The van der Waals surface area contributed by atoms with Gasteiger partial charge in [-0.25, -0.2) is 0 Å². The molecular weight excluding hydrogens is 310 g/mol. The number of hydrogen-bond donors (Lipinski definition) is 1. The zero-order valence-corrected chi connectivity index (χ0v) is 13.8. The fourth-order valence-corrected chi connectivity index (χ4v) is 3.16. The summed E-state index contributed by atoms with van der Waals surface area (Å²) in [4.78, 5) is 13.1. The van der Waals surface area contributed by atoms with Crippen LogP contribution in [0.15, 0.2) is 53.4 Å². The van der Waals surface area contributed by atoms with E-state index in [1.807, 2.05) is 55.5 Å². The van der Waals surface area contributed by atoms with Crippen molar-refractivity contribution in [1.82, 2.24) is 5.32 Å². The van der Waals surface area contributed by atoms with Crippen molar-refractivity contribution in [2.75, 3.05) is 18.9 Å². The van der Waals surface area contributed by atoms with Gasteiger partial charge < -0.3 is 14.8 Å². The van der Waals surface area contributed by atoms with E-state index in [4.69, 9.17) is 9.47 Å². The summed E-state index contributed by atoms with van der Waals surface area (Å²) in [6, 6.07) is 15.6. The van der Waals surface area contributed by atoms with Gasteiger partial charge in [0, 0.05) is 4.90 Å². The summed E-state index contributed by atoms with van der Waals surface area (Å²) in [5, 5.41) is 2.91. The largest absolute Gasteiger partial charge is 0.486 e. The maximum Gasteiger partial charge on any atom is 0.230 e. The quantitative estimate of drug-likeness (QED) is 0.857. The van der Waals surface area contributed by atoms with Crippen molar-refractivity contribution in [2.24, 2.45) is 0 Å². The normalized spacial score (nSPS) is 16.0. The molecule has 0 radical (unpaired) electrons. The topological polar surface area (TPSA) is 47.6 Å². The standard InChI is InChI=1S/C18H19NO3S/c1-13-6-2-5-9-17(13)23-12-18(20)19-10-14-11-21-15-7-3-4-8-16(15)22-14/h2-9,14H,10-12H2,1H3,(H,19,20). The number of ether oxygens (including phenoxy) is 2. The third kappa shape index (κ3) is 4.20. The van der Waals surface area contributed by atoms with Gasteiger partial charge in [0.05, 0.1) is 12.3 Å². The summed E-state index contributed by atoms with van der Waals surface area (Å²) in [5.41, 5.74) is 1.19. The molecule has 1 atom stereocenters. The number of carbonyl (C=O) groups is 1. The smallest absolute Gasteiger partial charge is 0.230 e. The van der Waals surface area contributed by atoms with Crippen molar-refractivity contribution in [3.05, 3.63) is 54.1 Å². The first kappa shape index (κ1) is 15.7. The zero-order chi connectivity index (χ0) is 16.1. The van der Waals surface area contributed by atoms with Crippen LogP contribution in [0.3, 0.4) is 0 Å². The fraction of sp³-hybridized carbons (Fsp3) is 0.278. The van der Waals surface area contributed by atoms with Crippen molar-refractivity contribution in [2.45, 2.75) is 17.9 Å². The second kappa shape index (κ2) is 7.42. The predicted octanol–water partition coefficient (Wildman–Crippen LogP) is 3.04. The van der Waals surface area contributed by atoms with Crippen LogP contribution in [0.4, 0.5) is 0 Å². The number of amides is 1. The van der Waals surface area contributed by atoms with Crippen molar-refractivity contribution in [1.29, 1.82) is 0 Å². The van der Waals surface area contributed by atoms with E-state index in [-0.39, 0.29) is 12.0 Å². The second-order valence-corrected chi connectivity index (χ2v) is 6.37. The minimum absolute atomic E-state index is 0.000659. The molecule has 0 saturated carbocycles.